The molecule has 0 spiro atoms. The highest BCUT2D eigenvalue weighted by atomic mass is 35.5. The number of alkyl halides is 2. The molecule has 19 heavy (non-hydrogen) atoms. The molecule has 1 aliphatic rings. The van der Waals surface area contributed by atoms with Gasteiger partial charge in [-0.25, -0.2) is 8.78 Å². The van der Waals surface area contributed by atoms with E-state index in [2.05, 4.69) is 5.32 Å². The van der Waals surface area contributed by atoms with Crippen molar-refractivity contribution in [3.05, 3.63) is 28.8 Å². The molecule has 106 valence electrons. The van der Waals surface area contributed by atoms with Crippen LogP contribution in [0.25, 0.3) is 0 Å². The summed E-state index contributed by atoms with van der Waals surface area (Å²) in [5.41, 5.74) is 0.481. The SMILES string of the molecule is Oc1ccc(Cl)cc1[C@H](CC(F)F)N1CCNCC1. The standard InChI is InChI=1S/C13H17ClF2N2O/c14-9-1-2-12(19)10(7-9)11(8-13(15)16)18-5-3-17-4-6-18/h1-2,7,11,13,17,19H,3-6,8H2/t11-/m0/s1. The lowest BCUT2D eigenvalue weighted by atomic mass is 10.00. The summed E-state index contributed by atoms with van der Waals surface area (Å²) in [4.78, 5) is 1.97. The first kappa shape index (κ1) is 14.5. The van der Waals surface area contributed by atoms with Gasteiger partial charge in [-0.05, 0) is 18.2 Å². The number of halogens is 3. The second-order valence-corrected chi connectivity index (χ2v) is 5.07. The van der Waals surface area contributed by atoms with Crippen molar-refractivity contribution in [1.82, 2.24) is 10.2 Å². The van der Waals surface area contributed by atoms with Gasteiger partial charge in [-0.1, -0.05) is 11.6 Å². The molecule has 0 unspecified atom stereocenters. The normalized spacial score (nSPS) is 18.7. The van der Waals surface area contributed by atoms with Crippen LogP contribution in [0.5, 0.6) is 5.75 Å². The minimum absolute atomic E-state index is 0.0218. The molecule has 6 heteroatoms. The fraction of sp³-hybridized carbons (Fsp3) is 0.538. The third-order valence-electron chi connectivity index (χ3n) is 3.34. The van der Waals surface area contributed by atoms with Crippen molar-refractivity contribution >= 4 is 11.6 Å². The number of hydrogen-bond donors (Lipinski definition) is 2. The van der Waals surface area contributed by atoms with E-state index in [1.165, 1.54) is 6.07 Å². The van der Waals surface area contributed by atoms with Crippen molar-refractivity contribution in [3.63, 3.8) is 0 Å². The summed E-state index contributed by atoms with van der Waals surface area (Å²) in [6, 6.07) is 4.09. The van der Waals surface area contributed by atoms with Crippen LogP contribution in [0.3, 0.4) is 0 Å². The molecule has 0 radical (unpaired) electrons. The Balaban J connectivity index is 2.27. The molecule has 1 aromatic rings. The zero-order valence-electron chi connectivity index (χ0n) is 10.5. The number of benzene rings is 1. The van der Waals surface area contributed by atoms with Gasteiger partial charge in [0.05, 0.1) is 0 Å². The van der Waals surface area contributed by atoms with Gasteiger partial charge in [-0.2, -0.15) is 0 Å². The van der Waals surface area contributed by atoms with Crippen LogP contribution in [0.15, 0.2) is 18.2 Å². The van der Waals surface area contributed by atoms with Crippen LogP contribution in [0.1, 0.15) is 18.0 Å². The largest absolute Gasteiger partial charge is 0.508 e. The van der Waals surface area contributed by atoms with Gasteiger partial charge in [0.1, 0.15) is 5.75 Å². The molecule has 0 aromatic heterocycles. The smallest absolute Gasteiger partial charge is 0.240 e. The van der Waals surface area contributed by atoms with E-state index in [-0.39, 0.29) is 12.2 Å². The Kier molecular flexibility index (Phi) is 4.96. The number of nitrogens with one attached hydrogen (secondary N) is 1. The summed E-state index contributed by atoms with van der Waals surface area (Å²) in [5, 5.41) is 13.5. The molecule has 0 saturated carbocycles. The first-order valence-electron chi connectivity index (χ1n) is 6.29. The van der Waals surface area contributed by atoms with E-state index in [0.29, 0.717) is 23.7 Å². The van der Waals surface area contributed by atoms with E-state index >= 15 is 0 Å². The highest BCUT2D eigenvalue weighted by Gasteiger charge is 2.27. The Bertz CT molecular complexity index is 425. The van der Waals surface area contributed by atoms with Crippen molar-refractivity contribution < 1.29 is 13.9 Å². The molecule has 1 heterocycles. The Morgan fingerprint density at radius 1 is 1.32 bits per heavy atom. The van der Waals surface area contributed by atoms with E-state index in [0.717, 1.165) is 13.1 Å². The van der Waals surface area contributed by atoms with Crippen molar-refractivity contribution in [2.45, 2.75) is 18.9 Å². The summed E-state index contributed by atoms with van der Waals surface area (Å²) >= 11 is 5.91. The van der Waals surface area contributed by atoms with Gasteiger partial charge in [-0.3, -0.25) is 4.90 Å². The van der Waals surface area contributed by atoms with Crippen LogP contribution in [0.2, 0.25) is 5.02 Å². The molecule has 1 saturated heterocycles. The summed E-state index contributed by atoms with van der Waals surface area (Å²) in [7, 11) is 0. The van der Waals surface area contributed by atoms with Crippen LogP contribution in [0.4, 0.5) is 8.78 Å². The van der Waals surface area contributed by atoms with Crippen molar-refractivity contribution in [1.29, 1.82) is 0 Å². The minimum Gasteiger partial charge on any atom is -0.508 e. The number of rotatable bonds is 4. The molecule has 1 aliphatic heterocycles. The Morgan fingerprint density at radius 2 is 2.00 bits per heavy atom. The molecule has 1 aromatic carbocycles. The lowest BCUT2D eigenvalue weighted by Gasteiger charge is -2.35. The lowest BCUT2D eigenvalue weighted by molar-refractivity contribution is 0.0730. The van der Waals surface area contributed by atoms with E-state index < -0.39 is 12.5 Å². The zero-order valence-corrected chi connectivity index (χ0v) is 11.2. The molecule has 0 amide bonds. The van der Waals surface area contributed by atoms with Crippen LogP contribution in [0, 0.1) is 0 Å². The maximum atomic E-state index is 12.8. The first-order valence-corrected chi connectivity index (χ1v) is 6.67. The molecule has 0 bridgehead atoms. The Labute approximate surface area is 116 Å². The van der Waals surface area contributed by atoms with Gasteiger partial charge in [0.25, 0.3) is 0 Å². The van der Waals surface area contributed by atoms with Crippen LogP contribution >= 0.6 is 11.6 Å². The van der Waals surface area contributed by atoms with Crippen LogP contribution in [-0.4, -0.2) is 42.6 Å². The van der Waals surface area contributed by atoms with Gasteiger partial charge in [0.15, 0.2) is 0 Å². The van der Waals surface area contributed by atoms with Gasteiger partial charge >= 0.3 is 0 Å². The van der Waals surface area contributed by atoms with Gasteiger partial charge < -0.3 is 10.4 Å². The fourth-order valence-corrected chi connectivity index (χ4v) is 2.61. The third-order valence-corrected chi connectivity index (χ3v) is 3.58. The minimum atomic E-state index is -2.42. The summed E-state index contributed by atoms with van der Waals surface area (Å²) in [6.07, 6.45) is -2.72. The number of phenolic OH excluding ortho intramolecular Hbond substituents is 1. The van der Waals surface area contributed by atoms with Gasteiger partial charge in [-0.15, -0.1) is 0 Å². The molecule has 1 atom stereocenters. The van der Waals surface area contributed by atoms with Crippen molar-refractivity contribution in [2.24, 2.45) is 0 Å². The third kappa shape index (κ3) is 3.78. The predicted octanol–water partition coefficient (Wildman–Crippen LogP) is 2.65. The second kappa shape index (κ2) is 6.50. The van der Waals surface area contributed by atoms with Crippen molar-refractivity contribution in [2.75, 3.05) is 26.2 Å². The summed E-state index contributed by atoms with van der Waals surface area (Å²) in [6.45, 7) is 2.90. The Hall–Kier alpha value is -0.910. The molecule has 2 rings (SSSR count). The maximum absolute atomic E-state index is 12.8. The van der Waals surface area contributed by atoms with Crippen LogP contribution < -0.4 is 5.32 Å². The maximum Gasteiger partial charge on any atom is 0.240 e. The highest BCUT2D eigenvalue weighted by Crippen LogP contribution is 2.35. The van der Waals surface area contributed by atoms with Gasteiger partial charge in [0, 0.05) is 49.2 Å². The monoisotopic (exact) mass is 290 g/mol. The van der Waals surface area contributed by atoms with Crippen molar-refractivity contribution in [3.8, 4) is 5.75 Å². The number of piperazine rings is 1. The molecule has 2 N–H and O–H groups in total. The zero-order chi connectivity index (χ0) is 13.8. The summed E-state index contributed by atoms with van der Waals surface area (Å²) in [5.74, 6) is 0.0218. The number of nitrogens with zero attached hydrogens (tertiary/aromatic N) is 1. The number of aromatic hydroxyl groups is 1. The number of hydrogen-bond acceptors (Lipinski definition) is 3. The lowest BCUT2D eigenvalue weighted by Crippen LogP contribution is -2.45. The Morgan fingerprint density at radius 3 is 2.63 bits per heavy atom. The molecular weight excluding hydrogens is 274 g/mol. The molecule has 3 nitrogen and oxygen atoms in total. The summed E-state index contributed by atoms with van der Waals surface area (Å²) < 4.78 is 25.6. The fourth-order valence-electron chi connectivity index (χ4n) is 2.43. The predicted molar refractivity (Wildman–Crippen MR) is 70.9 cm³/mol. The molecule has 0 aliphatic carbocycles. The van der Waals surface area contributed by atoms with Crippen LogP contribution in [-0.2, 0) is 0 Å². The number of phenols is 1. The van der Waals surface area contributed by atoms with E-state index in [1.54, 1.807) is 12.1 Å². The van der Waals surface area contributed by atoms with E-state index in [1.807, 2.05) is 4.90 Å². The quantitative estimate of drug-likeness (QED) is 0.895. The van der Waals surface area contributed by atoms with E-state index in [9.17, 15) is 13.9 Å². The second-order valence-electron chi connectivity index (χ2n) is 4.63. The average Bonchev–Trinajstić information content (AvgIpc) is 2.40. The van der Waals surface area contributed by atoms with Gasteiger partial charge in [0.2, 0.25) is 6.43 Å². The topological polar surface area (TPSA) is 35.5 Å². The molecular formula is C13H17ClF2N2O. The first-order chi connectivity index (χ1) is 9.08. The highest BCUT2D eigenvalue weighted by molar-refractivity contribution is 6.30. The molecule has 1 fully saturated rings. The van der Waals surface area contributed by atoms with E-state index in [4.69, 9.17) is 11.6 Å². The average molecular weight is 291 g/mol.